The van der Waals surface area contributed by atoms with Gasteiger partial charge in [-0.15, -0.1) is 0 Å². The fourth-order valence-electron chi connectivity index (χ4n) is 4.27. The molecule has 1 aliphatic rings. The van der Waals surface area contributed by atoms with Crippen LogP contribution in [0, 0.1) is 0 Å². The van der Waals surface area contributed by atoms with E-state index in [1.807, 2.05) is 43.3 Å². The molecule has 176 valence electrons. The van der Waals surface area contributed by atoms with Crippen LogP contribution in [0.4, 0.5) is 0 Å². The van der Waals surface area contributed by atoms with Crippen molar-refractivity contribution < 1.29 is 28.9 Å². The molecule has 0 bridgehead atoms. The van der Waals surface area contributed by atoms with Crippen molar-refractivity contribution in [3.63, 3.8) is 0 Å². The highest BCUT2D eigenvalue weighted by Crippen LogP contribution is 2.42. The molecule has 7 nitrogen and oxygen atoms in total. The van der Waals surface area contributed by atoms with Gasteiger partial charge >= 0.3 is 0 Å². The zero-order valence-corrected chi connectivity index (χ0v) is 19.4. The zero-order valence-electron chi connectivity index (χ0n) is 19.4. The summed E-state index contributed by atoms with van der Waals surface area (Å²) in [6.07, 6.45) is 0. The number of nitrogens with zero attached hydrogens (tertiary/aromatic N) is 1. The van der Waals surface area contributed by atoms with Crippen LogP contribution in [0.5, 0.6) is 11.5 Å². The van der Waals surface area contributed by atoms with E-state index in [-0.39, 0.29) is 24.5 Å². The number of carbonyl (C=O) groups excluding carboxylic acids is 2. The Morgan fingerprint density at radius 3 is 2.44 bits per heavy atom. The summed E-state index contributed by atoms with van der Waals surface area (Å²) >= 11 is 0. The monoisotopic (exact) mass is 461 g/mol. The summed E-state index contributed by atoms with van der Waals surface area (Å²) in [5, 5.41) is 13.2. The van der Waals surface area contributed by atoms with Gasteiger partial charge in [0, 0.05) is 19.2 Å². The summed E-state index contributed by atoms with van der Waals surface area (Å²) < 4.78 is 16.3. The quantitative estimate of drug-likeness (QED) is 0.306. The van der Waals surface area contributed by atoms with Crippen LogP contribution >= 0.6 is 0 Å². The molecule has 1 fully saturated rings. The lowest BCUT2D eigenvalue weighted by Crippen LogP contribution is -2.32. The number of aliphatic hydroxyl groups is 1. The fraction of sp³-hybridized carbons (Fsp3) is 0.259. The smallest absolute Gasteiger partial charge is 0.295 e. The van der Waals surface area contributed by atoms with E-state index in [9.17, 15) is 14.7 Å². The molecular weight excluding hydrogens is 434 g/mol. The molecule has 1 atom stereocenters. The number of benzene rings is 3. The van der Waals surface area contributed by atoms with Crippen molar-refractivity contribution in [1.82, 2.24) is 4.90 Å². The van der Waals surface area contributed by atoms with Crippen molar-refractivity contribution in [1.29, 1.82) is 0 Å². The summed E-state index contributed by atoms with van der Waals surface area (Å²) in [6, 6.07) is 17.6. The number of methoxy groups -OCH3 is 2. The van der Waals surface area contributed by atoms with Crippen LogP contribution in [0.25, 0.3) is 16.5 Å². The van der Waals surface area contributed by atoms with Gasteiger partial charge in [0.1, 0.15) is 5.76 Å². The zero-order chi connectivity index (χ0) is 24.2. The molecule has 0 aliphatic carbocycles. The molecule has 1 saturated heterocycles. The summed E-state index contributed by atoms with van der Waals surface area (Å²) in [4.78, 5) is 27.6. The molecule has 3 aromatic rings. The van der Waals surface area contributed by atoms with Gasteiger partial charge in [0.25, 0.3) is 11.7 Å². The normalized spacial score (nSPS) is 17.4. The van der Waals surface area contributed by atoms with Crippen LogP contribution in [0.3, 0.4) is 0 Å². The summed E-state index contributed by atoms with van der Waals surface area (Å²) in [6.45, 7) is 2.77. The SMILES string of the molecule is CCOc1ccc(C2/C(=C(\O)c3ccc4ccccc4c3)C(=O)C(=O)N2CCOC)cc1OC. The Bertz CT molecular complexity index is 1260. The molecule has 1 N–H and O–H groups in total. The number of hydrogen-bond acceptors (Lipinski definition) is 6. The maximum atomic E-state index is 13.2. The molecule has 4 rings (SSSR count). The van der Waals surface area contributed by atoms with E-state index in [1.165, 1.54) is 19.1 Å². The number of aliphatic hydroxyl groups excluding tert-OH is 1. The summed E-state index contributed by atoms with van der Waals surface area (Å²) in [5.74, 6) is -0.613. The Balaban J connectivity index is 1.88. The number of rotatable bonds is 8. The van der Waals surface area contributed by atoms with Gasteiger partial charge in [-0.2, -0.15) is 0 Å². The second-order valence-corrected chi connectivity index (χ2v) is 7.89. The highest BCUT2D eigenvalue weighted by molar-refractivity contribution is 6.46. The average molecular weight is 462 g/mol. The number of amides is 1. The number of carbonyl (C=O) groups is 2. The molecule has 1 heterocycles. The lowest BCUT2D eigenvalue weighted by Gasteiger charge is -2.25. The Morgan fingerprint density at radius 2 is 1.74 bits per heavy atom. The third kappa shape index (κ3) is 4.22. The number of ketones is 1. The first-order chi connectivity index (χ1) is 16.5. The summed E-state index contributed by atoms with van der Waals surface area (Å²) in [5.41, 5.74) is 1.12. The number of Topliss-reactive ketones (excluding diaryl/α,β-unsaturated/α-hetero) is 1. The second kappa shape index (κ2) is 9.97. The Hall–Kier alpha value is -3.84. The van der Waals surface area contributed by atoms with Crippen molar-refractivity contribution >= 4 is 28.2 Å². The number of fused-ring (bicyclic) bond motifs is 1. The van der Waals surface area contributed by atoms with E-state index < -0.39 is 17.7 Å². The van der Waals surface area contributed by atoms with Crippen molar-refractivity contribution in [3.05, 3.63) is 77.4 Å². The highest BCUT2D eigenvalue weighted by atomic mass is 16.5. The van der Waals surface area contributed by atoms with Crippen LogP contribution in [0.2, 0.25) is 0 Å². The Labute approximate surface area is 198 Å². The lowest BCUT2D eigenvalue weighted by molar-refractivity contribution is -0.140. The first kappa shape index (κ1) is 23.3. The largest absolute Gasteiger partial charge is 0.507 e. The van der Waals surface area contributed by atoms with Gasteiger partial charge in [-0.3, -0.25) is 9.59 Å². The minimum Gasteiger partial charge on any atom is -0.507 e. The predicted molar refractivity (Wildman–Crippen MR) is 129 cm³/mol. The van der Waals surface area contributed by atoms with Gasteiger partial charge in [0.05, 0.1) is 31.9 Å². The van der Waals surface area contributed by atoms with Crippen molar-refractivity contribution in [3.8, 4) is 11.5 Å². The predicted octanol–water partition coefficient (Wildman–Crippen LogP) is 4.32. The fourth-order valence-corrected chi connectivity index (χ4v) is 4.27. The molecule has 1 amide bonds. The number of ether oxygens (including phenoxy) is 3. The molecular formula is C27H27NO6. The Kier molecular flexibility index (Phi) is 6.84. The molecule has 1 aliphatic heterocycles. The summed E-state index contributed by atoms with van der Waals surface area (Å²) in [7, 11) is 3.05. The molecule has 7 heteroatoms. The molecule has 0 spiro atoms. The van der Waals surface area contributed by atoms with Crippen molar-refractivity contribution in [2.24, 2.45) is 0 Å². The minimum atomic E-state index is -0.800. The van der Waals surface area contributed by atoms with Gasteiger partial charge in [-0.05, 0) is 41.5 Å². The number of likely N-dealkylation sites (tertiary alicyclic amines) is 1. The van der Waals surface area contributed by atoms with Crippen LogP contribution in [0.1, 0.15) is 24.1 Å². The van der Waals surface area contributed by atoms with Crippen molar-refractivity contribution in [2.45, 2.75) is 13.0 Å². The molecule has 0 radical (unpaired) electrons. The van der Waals surface area contributed by atoms with E-state index in [0.717, 1.165) is 10.8 Å². The molecule has 1 unspecified atom stereocenters. The molecule has 3 aromatic carbocycles. The second-order valence-electron chi connectivity index (χ2n) is 7.89. The van der Waals surface area contributed by atoms with Crippen LogP contribution in [0.15, 0.2) is 66.2 Å². The lowest BCUT2D eigenvalue weighted by atomic mass is 9.94. The third-order valence-electron chi connectivity index (χ3n) is 5.90. The standard InChI is InChI=1S/C27H27NO6/c1-4-34-21-12-11-19(16-22(21)33-3)24-23(26(30)27(31)28(24)13-14-32-2)25(29)20-10-9-17-7-5-6-8-18(17)15-20/h5-12,15-16,24,29H,4,13-14H2,1-3H3/b25-23+. The maximum Gasteiger partial charge on any atom is 0.295 e. The van der Waals surface area contributed by atoms with E-state index in [2.05, 4.69) is 0 Å². The average Bonchev–Trinajstić information content (AvgIpc) is 3.12. The third-order valence-corrected chi connectivity index (χ3v) is 5.90. The first-order valence-corrected chi connectivity index (χ1v) is 11.1. The van der Waals surface area contributed by atoms with Gasteiger partial charge < -0.3 is 24.2 Å². The van der Waals surface area contributed by atoms with Gasteiger partial charge in [0.2, 0.25) is 0 Å². The molecule has 0 saturated carbocycles. The van der Waals surface area contributed by atoms with Crippen LogP contribution in [-0.4, -0.2) is 55.7 Å². The van der Waals surface area contributed by atoms with Crippen molar-refractivity contribution in [2.75, 3.05) is 34.0 Å². The number of hydrogen-bond donors (Lipinski definition) is 1. The van der Waals surface area contributed by atoms with E-state index >= 15 is 0 Å². The van der Waals surface area contributed by atoms with Gasteiger partial charge in [-0.25, -0.2) is 0 Å². The highest BCUT2D eigenvalue weighted by Gasteiger charge is 2.46. The van der Waals surface area contributed by atoms with Gasteiger partial charge in [-0.1, -0.05) is 42.5 Å². The minimum absolute atomic E-state index is 0.0302. The molecule has 34 heavy (non-hydrogen) atoms. The Morgan fingerprint density at radius 1 is 0.971 bits per heavy atom. The molecule has 0 aromatic heterocycles. The van der Waals surface area contributed by atoms with E-state index in [0.29, 0.717) is 29.2 Å². The van der Waals surface area contributed by atoms with E-state index in [1.54, 1.807) is 24.3 Å². The van der Waals surface area contributed by atoms with Crippen LogP contribution < -0.4 is 9.47 Å². The first-order valence-electron chi connectivity index (χ1n) is 11.1. The maximum absolute atomic E-state index is 13.2. The van der Waals surface area contributed by atoms with Crippen LogP contribution in [-0.2, 0) is 14.3 Å². The van der Waals surface area contributed by atoms with E-state index in [4.69, 9.17) is 14.2 Å². The van der Waals surface area contributed by atoms with Gasteiger partial charge in [0.15, 0.2) is 11.5 Å². The topological polar surface area (TPSA) is 85.3 Å².